The first-order valence-electron chi connectivity index (χ1n) is 13.4. The van der Waals surface area contributed by atoms with Crippen LogP contribution in [-0.4, -0.2) is 62.6 Å². The third kappa shape index (κ3) is 9.89. The van der Waals surface area contributed by atoms with E-state index in [4.69, 9.17) is 5.11 Å². The molecule has 2 atom stereocenters. The molecular weight excluding hydrogens is 552 g/mol. The van der Waals surface area contributed by atoms with Crippen LogP contribution in [0.4, 0.5) is 14.5 Å². The van der Waals surface area contributed by atoms with Crippen molar-refractivity contribution in [1.29, 1.82) is 0 Å². The number of sulfonamides is 1. The third-order valence-electron chi connectivity index (χ3n) is 6.58. The van der Waals surface area contributed by atoms with Crippen LogP contribution in [0, 0.1) is 11.6 Å². The first kappa shape index (κ1) is 32.1. The Balaban J connectivity index is 1.75. The van der Waals surface area contributed by atoms with Gasteiger partial charge in [-0.2, -0.15) is 0 Å². The van der Waals surface area contributed by atoms with E-state index in [-0.39, 0.29) is 43.7 Å². The van der Waals surface area contributed by atoms with Crippen molar-refractivity contribution in [3.8, 4) is 0 Å². The van der Waals surface area contributed by atoms with E-state index in [1.54, 1.807) is 0 Å². The lowest BCUT2D eigenvalue weighted by Crippen LogP contribution is -2.48. The van der Waals surface area contributed by atoms with Crippen molar-refractivity contribution in [2.75, 3.05) is 30.3 Å². The zero-order valence-corrected chi connectivity index (χ0v) is 24.0. The van der Waals surface area contributed by atoms with E-state index >= 15 is 0 Å². The molecule has 222 valence electrons. The minimum atomic E-state index is -3.61. The highest BCUT2D eigenvalue weighted by Gasteiger charge is 2.24. The molecule has 8 nitrogen and oxygen atoms in total. The molecule has 0 aliphatic rings. The number of aliphatic hydroxyl groups excluding tert-OH is 2. The standard InChI is InChI=1S/C30H37F2N3O5S/c1-3-21-6-4-7-22(14-21)19-33-20-29(37)28(17-23-15-25(31)18-26(32)16-23)34-30(38)24-8-10-27(11-9-24)35(12-5-13-36)41(2,39)40/h4,6-11,14-16,18,28-29,33,36-37H,3,5,12-13,17,19-20H2,1-2H3,(H,34,38). The molecule has 0 fully saturated rings. The Hall–Kier alpha value is -3.38. The normalized spacial score (nSPS) is 13.0. The fraction of sp³-hybridized carbons (Fsp3) is 0.367. The number of hydrogen-bond donors (Lipinski definition) is 4. The maximum atomic E-state index is 13.9. The SMILES string of the molecule is CCc1cccc(CNCC(O)C(Cc2cc(F)cc(F)c2)NC(=O)c2ccc(N(CCCO)S(C)(=O)=O)cc2)c1. The monoisotopic (exact) mass is 589 g/mol. The minimum Gasteiger partial charge on any atom is -0.396 e. The van der Waals surface area contributed by atoms with Gasteiger partial charge >= 0.3 is 0 Å². The summed E-state index contributed by atoms with van der Waals surface area (Å²) in [7, 11) is -3.61. The van der Waals surface area contributed by atoms with Gasteiger partial charge in [-0.15, -0.1) is 0 Å². The summed E-state index contributed by atoms with van der Waals surface area (Å²) < 4.78 is 53.2. The lowest BCUT2D eigenvalue weighted by atomic mass is 10.00. The lowest BCUT2D eigenvalue weighted by molar-refractivity contribution is 0.0830. The van der Waals surface area contributed by atoms with Crippen LogP contribution in [-0.2, 0) is 29.4 Å². The van der Waals surface area contributed by atoms with E-state index in [1.165, 1.54) is 29.8 Å². The average Bonchev–Trinajstić information content (AvgIpc) is 2.92. The topological polar surface area (TPSA) is 119 Å². The Morgan fingerprint density at radius 2 is 1.63 bits per heavy atom. The van der Waals surface area contributed by atoms with Crippen molar-refractivity contribution >= 4 is 21.6 Å². The predicted molar refractivity (Wildman–Crippen MR) is 155 cm³/mol. The summed E-state index contributed by atoms with van der Waals surface area (Å²) in [6.45, 7) is 2.55. The second-order valence-corrected chi connectivity index (χ2v) is 11.8. The molecule has 0 aliphatic heterocycles. The van der Waals surface area contributed by atoms with Crippen molar-refractivity contribution in [3.05, 3.63) is 101 Å². The van der Waals surface area contributed by atoms with Crippen LogP contribution in [0.1, 0.15) is 40.4 Å². The van der Waals surface area contributed by atoms with Gasteiger partial charge in [0.05, 0.1) is 24.1 Å². The lowest BCUT2D eigenvalue weighted by Gasteiger charge is -2.25. The highest BCUT2D eigenvalue weighted by Crippen LogP contribution is 2.19. The zero-order valence-electron chi connectivity index (χ0n) is 23.2. The molecule has 2 unspecified atom stereocenters. The maximum absolute atomic E-state index is 13.9. The highest BCUT2D eigenvalue weighted by molar-refractivity contribution is 7.92. The number of hydrogen-bond acceptors (Lipinski definition) is 6. The van der Waals surface area contributed by atoms with Gasteiger partial charge in [-0.1, -0.05) is 31.2 Å². The average molecular weight is 590 g/mol. The van der Waals surface area contributed by atoms with Crippen molar-refractivity contribution in [2.24, 2.45) is 0 Å². The molecule has 0 bridgehead atoms. The molecule has 0 saturated carbocycles. The van der Waals surface area contributed by atoms with Crippen LogP contribution >= 0.6 is 0 Å². The fourth-order valence-corrected chi connectivity index (χ4v) is 5.43. The molecule has 0 radical (unpaired) electrons. The van der Waals surface area contributed by atoms with Crippen LogP contribution < -0.4 is 14.9 Å². The van der Waals surface area contributed by atoms with Crippen molar-refractivity contribution in [1.82, 2.24) is 10.6 Å². The second kappa shape index (κ2) is 15.0. The molecule has 41 heavy (non-hydrogen) atoms. The number of benzene rings is 3. The van der Waals surface area contributed by atoms with Gasteiger partial charge in [0.15, 0.2) is 0 Å². The molecule has 0 aromatic heterocycles. The number of anilines is 1. The summed E-state index contributed by atoms with van der Waals surface area (Å²) in [4.78, 5) is 13.1. The van der Waals surface area contributed by atoms with E-state index in [0.717, 1.165) is 40.7 Å². The molecule has 1 amide bonds. The number of nitrogens with one attached hydrogen (secondary N) is 2. The minimum absolute atomic E-state index is 0.0321. The van der Waals surface area contributed by atoms with Crippen molar-refractivity contribution in [2.45, 2.75) is 44.9 Å². The largest absolute Gasteiger partial charge is 0.396 e. The predicted octanol–water partition coefficient (Wildman–Crippen LogP) is 3.17. The Morgan fingerprint density at radius 3 is 2.24 bits per heavy atom. The van der Waals surface area contributed by atoms with Crippen LogP contribution in [0.15, 0.2) is 66.7 Å². The van der Waals surface area contributed by atoms with Gasteiger partial charge < -0.3 is 20.8 Å². The van der Waals surface area contributed by atoms with E-state index in [2.05, 4.69) is 23.6 Å². The Morgan fingerprint density at radius 1 is 0.976 bits per heavy atom. The first-order chi connectivity index (χ1) is 19.5. The Bertz CT molecular complexity index is 1380. The van der Waals surface area contributed by atoms with Crippen LogP contribution in [0.3, 0.4) is 0 Å². The van der Waals surface area contributed by atoms with E-state index in [9.17, 15) is 27.1 Å². The van der Waals surface area contributed by atoms with Gasteiger partial charge in [0.1, 0.15) is 11.6 Å². The smallest absolute Gasteiger partial charge is 0.251 e. The highest BCUT2D eigenvalue weighted by atomic mass is 32.2. The molecule has 3 aromatic rings. The number of aryl methyl sites for hydroxylation is 1. The summed E-state index contributed by atoms with van der Waals surface area (Å²) in [5.74, 6) is -2.07. The molecule has 0 spiro atoms. The summed E-state index contributed by atoms with van der Waals surface area (Å²) in [6.07, 6.45) is 1.06. The summed E-state index contributed by atoms with van der Waals surface area (Å²) in [5, 5.41) is 26.1. The zero-order chi connectivity index (χ0) is 30.0. The number of carbonyl (C=O) groups excluding carboxylic acids is 1. The summed E-state index contributed by atoms with van der Waals surface area (Å²) in [6, 6.07) is 16.0. The molecule has 3 aromatic carbocycles. The van der Waals surface area contributed by atoms with Gasteiger partial charge in [-0.05, 0) is 72.4 Å². The van der Waals surface area contributed by atoms with Gasteiger partial charge in [0, 0.05) is 37.9 Å². The molecule has 0 saturated heterocycles. The molecule has 0 aliphatic carbocycles. The summed E-state index contributed by atoms with van der Waals surface area (Å²) >= 11 is 0. The van der Waals surface area contributed by atoms with Crippen molar-refractivity contribution < 1.29 is 32.2 Å². The van der Waals surface area contributed by atoms with Crippen LogP contribution in [0.2, 0.25) is 0 Å². The first-order valence-corrected chi connectivity index (χ1v) is 15.3. The van der Waals surface area contributed by atoms with Gasteiger partial charge in [-0.25, -0.2) is 17.2 Å². The van der Waals surface area contributed by atoms with E-state index in [1.807, 2.05) is 18.2 Å². The molecular formula is C30H37F2N3O5S. The molecule has 3 rings (SSSR count). The molecule has 11 heteroatoms. The molecule has 4 N–H and O–H groups in total. The quantitative estimate of drug-likeness (QED) is 0.216. The number of aliphatic hydroxyl groups is 2. The summed E-state index contributed by atoms with van der Waals surface area (Å²) in [5.41, 5.74) is 3.02. The van der Waals surface area contributed by atoms with Crippen molar-refractivity contribution in [3.63, 3.8) is 0 Å². The number of rotatable bonds is 15. The van der Waals surface area contributed by atoms with Gasteiger partial charge in [0.2, 0.25) is 10.0 Å². The maximum Gasteiger partial charge on any atom is 0.251 e. The second-order valence-electron chi connectivity index (χ2n) is 9.89. The number of carbonyl (C=O) groups is 1. The number of amides is 1. The van der Waals surface area contributed by atoms with Crippen LogP contribution in [0.5, 0.6) is 0 Å². The molecule has 0 heterocycles. The van der Waals surface area contributed by atoms with E-state index < -0.39 is 39.7 Å². The Labute approximate surface area is 240 Å². The van der Waals surface area contributed by atoms with Gasteiger partial charge in [0.25, 0.3) is 5.91 Å². The number of halogens is 2. The van der Waals surface area contributed by atoms with E-state index in [0.29, 0.717) is 12.2 Å². The Kier molecular flexibility index (Phi) is 11.8. The fourth-order valence-electron chi connectivity index (χ4n) is 4.46. The third-order valence-corrected chi connectivity index (χ3v) is 7.77. The number of nitrogens with zero attached hydrogens (tertiary/aromatic N) is 1. The van der Waals surface area contributed by atoms with Crippen LogP contribution in [0.25, 0.3) is 0 Å². The van der Waals surface area contributed by atoms with Gasteiger partial charge in [-0.3, -0.25) is 9.10 Å².